The molecule has 33 heavy (non-hydrogen) atoms. The highest BCUT2D eigenvalue weighted by Crippen LogP contribution is 2.48. The maximum atomic E-state index is 13.6. The Kier molecular flexibility index (Phi) is 4.41. The second-order valence-corrected chi connectivity index (χ2v) is 8.21. The number of aliphatic hydroxyl groups excluding tert-OH is 1. The zero-order chi connectivity index (χ0) is 22.5. The molecule has 162 valence electrons. The molecule has 0 bridgehead atoms. The molecule has 6 rings (SSSR count). The van der Waals surface area contributed by atoms with Crippen LogP contribution in [0.1, 0.15) is 28.7 Å². The maximum absolute atomic E-state index is 13.6. The number of hydrogen-bond donors (Lipinski definition) is 1. The smallest absolute Gasteiger partial charge is 0.426 e. The summed E-state index contributed by atoms with van der Waals surface area (Å²) in [6.07, 6.45) is 3.66. The molecule has 0 fully saturated rings. The molecular weight excluding hydrogens is 418 g/mol. The van der Waals surface area contributed by atoms with Crippen LogP contribution in [-0.2, 0) is 4.79 Å². The number of ether oxygens (including phenoxy) is 1. The third-order valence-corrected chi connectivity index (χ3v) is 6.38. The van der Waals surface area contributed by atoms with Crippen molar-refractivity contribution < 1.29 is 23.8 Å². The van der Waals surface area contributed by atoms with Gasteiger partial charge in [0, 0.05) is 17.4 Å². The van der Waals surface area contributed by atoms with E-state index in [0.717, 1.165) is 21.4 Å². The second-order valence-electron chi connectivity index (χ2n) is 8.21. The van der Waals surface area contributed by atoms with E-state index >= 15 is 0 Å². The molecule has 1 aliphatic carbocycles. The van der Waals surface area contributed by atoms with Gasteiger partial charge in [-0.2, -0.15) is 0 Å². The van der Waals surface area contributed by atoms with Gasteiger partial charge in [-0.3, -0.25) is 4.79 Å². The number of furan rings is 1. The zero-order valence-electron chi connectivity index (χ0n) is 17.4. The number of carbonyl (C=O) groups excluding carboxylic acids is 2. The molecule has 2 heterocycles. The van der Waals surface area contributed by atoms with Gasteiger partial charge in [0.05, 0.1) is 24.0 Å². The Labute approximate surface area is 189 Å². The number of anilines is 1. The Bertz CT molecular complexity index is 1440. The van der Waals surface area contributed by atoms with E-state index in [-0.39, 0.29) is 5.75 Å². The van der Waals surface area contributed by atoms with Crippen LogP contribution in [0.3, 0.4) is 0 Å². The van der Waals surface area contributed by atoms with E-state index in [1.165, 1.54) is 0 Å². The van der Waals surface area contributed by atoms with Gasteiger partial charge in [0.1, 0.15) is 11.3 Å². The highest BCUT2D eigenvalue weighted by atomic mass is 16.6. The predicted octanol–water partition coefficient (Wildman–Crippen LogP) is 5.44. The first-order valence-corrected chi connectivity index (χ1v) is 10.7. The number of carbonyl (C=O) groups is 2. The van der Waals surface area contributed by atoms with Crippen molar-refractivity contribution in [3.05, 3.63) is 102 Å². The monoisotopic (exact) mass is 437 g/mol. The van der Waals surface area contributed by atoms with Crippen molar-refractivity contribution in [3.63, 3.8) is 0 Å². The highest BCUT2D eigenvalue weighted by Gasteiger charge is 2.47. The molecule has 1 aliphatic heterocycles. The van der Waals surface area contributed by atoms with Crippen molar-refractivity contribution in [3.8, 4) is 5.75 Å². The van der Waals surface area contributed by atoms with Crippen LogP contribution in [0, 0.1) is 5.92 Å². The lowest BCUT2D eigenvalue weighted by molar-refractivity contribution is -0.120. The largest absolute Gasteiger partial charge is 0.464 e. The van der Waals surface area contributed by atoms with Gasteiger partial charge in [-0.25, -0.2) is 9.69 Å². The van der Waals surface area contributed by atoms with E-state index < -0.39 is 29.9 Å². The van der Waals surface area contributed by atoms with Crippen LogP contribution >= 0.6 is 0 Å². The van der Waals surface area contributed by atoms with Gasteiger partial charge in [-0.05, 0) is 41.0 Å². The van der Waals surface area contributed by atoms with E-state index in [2.05, 4.69) is 0 Å². The fraction of sp³-hybridized carbons (Fsp3) is 0.111. The summed E-state index contributed by atoms with van der Waals surface area (Å²) in [5, 5.41) is 12.0. The van der Waals surface area contributed by atoms with Gasteiger partial charge in [0.2, 0.25) is 5.91 Å². The fourth-order valence-electron chi connectivity index (χ4n) is 4.80. The summed E-state index contributed by atoms with van der Waals surface area (Å²) in [4.78, 5) is 27.8. The maximum Gasteiger partial charge on any atom is 0.426 e. The summed E-state index contributed by atoms with van der Waals surface area (Å²) in [6.45, 7) is 0. The lowest BCUT2D eigenvalue weighted by Crippen LogP contribution is -2.39. The zero-order valence-corrected chi connectivity index (χ0v) is 17.4. The van der Waals surface area contributed by atoms with E-state index in [4.69, 9.17) is 9.15 Å². The summed E-state index contributed by atoms with van der Waals surface area (Å²) < 4.78 is 10.9. The average Bonchev–Trinajstić information content (AvgIpc) is 3.41. The Balaban J connectivity index is 1.34. The van der Waals surface area contributed by atoms with Crippen molar-refractivity contribution in [1.29, 1.82) is 0 Å². The molecule has 0 radical (unpaired) electrons. The van der Waals surface area contributed by atoms with Crippen molar-refractivity contribution in [2.45, 2.75) is 12.0 Å². The van der Waals surface area contributed by atoms with Gasteiger partial charge >= 0.3 is 6.09 Å². The Morgan fingerprint density at radius 2 is 1.76 bits per heavy atom. The van der Waals surface area contributed by atoms with Gasteiger partial charge < -0.3 is 14.3 Å². The molecule has 2 aliphatic rings. The van der Waals surface area contributed by atoms with Crippen LogP contribution in [-0.4, -0.2) is 17.1 Å². The number of imide groups is 1. The number of para-hydroxylation sites is 1. The Hall–Kier alpha value is -4.16. The van der Waals surface area contributed by atoms with Crippen LogP contribution in [0.2, 0.25) is 0 Å². The molecule has 6 nitrogen and oxygen atoms in total. The van der Waals surface area contributed by atoms with E-state index in [0.29, 0.717) is 16.8 Å². The first-order chi connectivity index (χ1) is 16.1. The third kappa shape index (κ3) is 3.07. The van der Waals surface area contributed by atoms with Crippen LogP contribution < -0.4 is 9.64 Å². The van der Waals surface area contributed by atoms with Crippen molar-refractivity contribution in [2.24, 2.45) is 5.92 Å². The molecule has 1 aromatic heterocycles. The minimum Gasteiger partial charge on any atom is -0.464 e. The summed E-state index contributed by atoms with van der Waals surface area (Å²) >= 11 is 0. The van der Waals surface area contributed by atoms with Crippen LogP contribution in [0.5, 0.6) is 5.75 Å². The van der Waals surface area contributed by atoms with E-state index in [1.54, 1.807) is 36.6 Å². The molecule has 3 unspecified atom stereocenters. The molecule has 0 saturated heterocycles. The minimum atomic E-state index is -0.870. The van der Waals surface area contributed by atoms with E-state index in [1.807, 2.05) is 54.6 Å². The molecule has 0 spiro atoms. The first-order valence-electron chi connectivity index (χ1n) is 10.7. The fourth-order valence-corrected chi connectivity index (χ4v) is 4.80. The summed E-state index contributed by atoms with van der Waals surface area (Å²) in [7, 11) is 0. The number of hydrogen-bond acceptors (Lipinski definition) is 5. The topological polar surface area (TPSA) is 80.0 Å². The lowest BCUT2D eigenvalue weighted by atomic mass is 9.77. The molecular formula is C27H19NO5. The van der Waals surface area contributed by atoms with Gasteiger partial charge in [-0.15, -0.1) is 0 Å². The van der Waals surface area contributed by atoms with E-state index in [9.17, 15) is 14.7 Å². The SMILES string of the molecule is O=C(Oc1ccc2ccoc2c1)N1C(=O)C(C2C=Cc3ccccc3C2O)c2ccccc21. The third-order valence-electron chi connectivity index (χ3n) is 6.38. The molecule has 6 heteroatoms. The number of benzene rings is 3. The summed E-state index contributed by atoms with van der Waals surface area (Å²) in [6, 6.07) is 21.6. The first kappa shape index (κ1) is 19.5. The normalized spacial score (nSPS) is 21.2. The Morgan fingerprint density at radius 3 is 2.64 bits per heavy atom. The summed E-state index contributed by atoms with van der Waals surface area (Å²) in [5.74, 6) is -1.36. The molecule has 3 atom stereocenters. The van der Waals surface area contributed by atoms with Crippen LogP contribution in [0.4, 0.5) is 10.5 Å². The molecule has 2 amide bonds. The van der Waals surface area contributed by atoms with Crippen LogP contribution in [0.15, 0.2) is 89.6 Å². The van der Waals surface area contributed by atoms with Gasteiger partial charge in [0.15, 0.2) is 0 Å². The number of aliphatic hydroxyl groups is 1. The van der Waals surface area contributed by atoms with Crippen LogP contribution in [0.25, 0.3) is 17.0 Å². The molecule has 4 aromatic rings. The van der Waals surface area contributed by atoms with Crippen molar-refractivity contribution >= 4 is 34.7 Å². The number of amides is 2. The van der Waals surface area contributed by atoms with Gasteiger partial charge in [-0.1, -0.05) is 54.6 Å². The average molecular weight is 437 g/mol. The van der Waals surface area contributed by atoms with Gasteiger partial charge in [0.25, 0.3) is 0 Å². The molecule has 3 aromatic carbocycles. The van der Waals surface area contributed by atoms with Crippen molar-refractivity contribution in [1.82, 2.24) is 0 Å². The summed E-state index contributed by atoms with van der Waals surface area (Å²) in [5.41, 5.74) is 3.43. The predicted molar refractivity (Wildman–Crippen MR) is 123 cm³/mol. The highest BCUT2D eigenvalue weighted by molar-refractivity contribution is 6.19. The quantitative estimate of drug-likeness (QED) is 0.452. The standard InChI is InChI=1S/C27H19NO5/c29-25-19-6-2-1-5-16(19)10-12-21(25)24-20-7-3-4-8-22(20)28(26(24)30)27(31)33-18-11-9-17-13-14-32-23(17)15-18/h1-15,21,24-25,29H. The molecule has 1 N–H and O–H groups in total. The Morgan fingerprint density at radius 1 is 0.970 bits per heavy atom. The molecule has 0 saturated carbocycles. The minimum absolute atomic E-state index is 0.280. The number of nitrogens with zero attached hydrogens (tertiary/aromatic N) is 1. The lowest BCUT2D eigenvalue weighted by Gasteiger charge is -2.29. The van der Waals surface area contributed by atoms with Crippen molar-refractivity contribution in [2.75, 3.05) is 4.90 Å². The number of fused-ring (bicyclic) bond motifs is 3. The second kappa shape index (κ2) is 7.46. The number of rotatable bonds is 2.